The number of hydrogen-bond donors (Lipinski definition) is 0. The van der Waals surface area contributed by atoms with Crippen LogP contribution in [0.4, 0.5) is 0 Å². The predicted octanol–water partition coefficient (Wildman–Crippen LogP) is 4.80. The summed E-state index contributed by atoms with van der Waals surface area (Å²) < 4.78 is 5.88. The molecule has 1 aliphatic rings. The third-order valence-electron chi connectivity index (χ3n) is 3.16. The molecule has 1 nitrogen and oxygen atoms in total. The summed E-state index contributed by atoms with van der Waals surface area (Å²) in [4.78, 5) is 0. The first-order valence-corrected chi connectivity index (χ1v) is 7.27. The quantitative estimate of drug-likeness (QED) is 0.726. The number of halogens is 2. The average molecular weight is 304 g/mol. The molecule has 2 rings (SSSR count). The molecular weight excluding hydrogens is 287 g/mol. The SMILES string of the molecule is Clc1cccc(OCC2CCCC2)c1CBr. The molecule has 0 N–H and O–H groups in total. The number of alkyl halides is 1. The zero-order valence-corrected chi connectivity index (χ0v) is 11.6. The molecule has 0 amide bonds. The molecular formula is C13H16BrClO. The van der Waals surface area contributed by atoms with Crippen molar-refractivity contribution in [3.63, 3.8) is 0 Å². The molecule has 0 heterocycles. The van der Waals surface area contributed by atoms with Crippen LogP contribution in [0.3, 0.4) is 0 Å². The number of benzene rings is 1. The van der Waals surface area contributed by atoms with E-state index in [2.05, 4.69) is 15.9 Å². The first-order valence-electron chi connectivity index (χ1n) is 5.77. The lowest BCUT2D eigenvalue weighted by Gasteiger charge is -2.14. The first kappa shape index (κ1) is 12.3. The summed E-state index contributed by atoms with van der Waals surface area (Å²) in [6.07, 6.45) is 5.33. The van der Waals surface area contributed by atoms with Gasteiger partial charge in [-0.05, 0) is 30.9 Å². The highest BCUT2D eigenvalue weighted by Gasteiger charge is 2.16. The van der Waals surface area contributed by atoms with Crippen LogP contribution in [0.25, 0.3) is 0 Å². The smallest absolute Gasteiger partial charge is 0.124 e. The van der Waals surface area contributed by atoms with Crippen LogP contribution in [0.5, 0.6) is 5.75 Å². The van der Waals surface area contributed by atoms with E-state index in [9.17, 15) is 0 Å². The molecule has 16 heavy (non-hydrogen) atoms. The van der Waals surface area contributed by atoms with Crippen molar-refractivity contribution in [2.75, 3.05) is 6.61 Å². The second kappa shape index (κ2) is 5.92. The maximum Gasteiger partial charge on any atom is 0.124 e. The van der Waals surface area contributed by atoms with E-state index < -0.39 is 0 Å². The fourth-order valence-corrected chi connectivity index (χ4v) is 3.16. The zero-order valence-electron chi connectivity index (χ0n) is 9.22. The predicted molar refractivity (Wildman–Crippen MR) is 71.5 cm³/mol. The van der Waals surface area contributed by atoms with E-state index in [1.807, 2.05) is 18.2 Å². The first-order chi connectivity index (χ1) is 7.81. The lowest BCUT2D eigenvalue weighted by Crippen LogP contribution is -2.09. The van der Waals surface area contributed by atoms with E-state index >= 15 is 0 Å². The van der Waals surface area contributed by atoms with E-state index in [1.54, 1.807) is 0 Å². The van der Waals surface area contributed by atoms with Crippen LogP contribution < -0.4 is 4.74 Å². The topological polar surface area (TPSA) is 9.23 Å². The standard InChI is InChI=1S/C13H16BrClO/c14-8-11-12(15)6-3-7-13(11)16-9-10-4-1-2-5-10/h3,6-7,10H,1-2,4-5,8-9H2. The Bertz CT molecular complexity index is 348. The van der Waals surface area contributed by atoms with Crippen molar-refractivity contribution in [3.8, 4) is 5.75 Å². The van der Waals surface area contributed by atoms with Crippen LogP contribution in [-0.2, 0) is 5.33 Å². The van der Waals surface area contributed by atoms with Crippen LogP contribution in [0.2, 0.25) is 5.02 Å². The van der Waals surface area contributed by atoms with Gasteiger partial charge in [-0.15, -0.1) is 0 Å². The van der Waals surface area contributed by atoms with E-state index in [4.69, 9.17) is 16.3 Å². The largest absolute Gasteiger partial charge is 0.493 e. The summed E-state index contributed by atoms with van der Waals surface area (Å²) in [7, 11) is 0. The summed E-state index contributed by atoms with van der Waals surface area (Å²) in [6.45, 7) is 0.834. The maximum atomic E-state index is 6.11. The molecule has 0 bridgehead atoms. The minimum Gasteiger partial charge on any atom is -0.493 e. The summed E-state index contributed by atoms with van der Waals surface area (Å²) in [5.74, 6) is 1.67. The summed E-state index contributed by atoms with van der Waals surface area (Å²) in [6, 6.07) is 5.84. The van der Waals surface area contributed by atoms with Gasteiger partial charge < -0.3 is 4.74 Å². The van der Waals surface area contributed by atoms with E-state index in [1.165, 1.54) is 25.7 Å². The Kier molecular flexibility index (Phi) is 4.54. The van der Waals surface area contributed by atoms with Crippen molar-refractivity contribution < 1.29 is 4.74 Å². The van der Waals surface area contributed by atoms with Crippen molar-refractivity contribution in [1.29, 1.82) is 0 Å². The van der Waals surface area contributed by atoms with Gasteiger partial charge in [0.25, 0.3) is 0 Å². The number of ether oxygens (including phenoxy) is 1. The lowest BCUT2D eigenvalue weighted by atomic mass is 10.1. The molecule has 1 saturated carbocycles. The average Bonchev–Trinajstić information content (AvgIpc) is 2.79. The molecule has 3 heteroatoms. The van der Waals surface area contributed by atoms with Crippen LogP contribution >= 0.6 is 27.5 Å². The zero-order chi connectivity index (χ0) is 11.4. The Morgan fingerprint density at radius 2 is 2.06 bits per heavy atom. The van der Waals surface area contributed by atoms with Crippen LogP contribution in [0, 0.1) is 5.92 Å². The van der Waals surface area contributed by atoms with Gasteiger partial charge in [-0.1, -0.05) is 46.4 Å². The fourth-order valence-electron chi connectivity index (χ4n) is 2.19. The van der Waals surface area contributed by atoms with Crippen LogP contribution in [0.1, 0.15) is 31.2 Å². The Morgan fingerprint density at radius 1 is 1.31 bits per heavy atom. The van der Waals surface area contributed by atoms with Gasteiger partial charge in [0.05, 0.1) is 6.61 Å². The molecule has 0 spiro atoms. The highest BCUT2D eigenvalue weighted by molar-refractivity contribution is 9.08. The van der Waals surface area contributed by atoms with Gasteiger partial charge in [0, 0.05) is 15.9 Å². The van der Waals surface area contributed by atoms with Gasteiger partial charge in [0.1, 0.15) is 5.75 Å². The van der Waals surface area contributed by atoms with Gasteiger partial charge in [-0.3, -0.25) is 0 Å². The Morgan fingerprint density at radius 3 is 2.75 bits per heavy atom. The van der Waals surface area contributed by atoms with Gasteiger partial charge >= 0.3 is 0 Å². The molecule has 0 saturated heterocycles. The molecule has 0 atom stereocenters. The highest BCUT2D eigenvalue weighted by atomic mass is 79.9. The Balaban J connectivity index is 2.00. The van der Waals surface area contributed by atoms with Crippen LogP contribution in [0.15, 0.2) is 18.2 Å². The molecule has 0 radical (unpaired) electrons. The minimum absolute atomic E-state index is 0.738. The van der Waals surface area contributed by atoms with Gasteiger partial charge in [0.15, 0.2) is 0 Å². The maximum absolute atomic E-state index is 6.11. The third kappa shape index (κ3) is 2.92. The monoisotopic (exact) mass is 302 g/mol. The van der Waals surface area contributed by atoms with Gasteiger partial charge in [0.2, 0.25) is 0 Å². The molecule has 0 aliphatic heterocycles. The van der Waals surface area contributed by atoms with Crippen molar-refractivity contribution in [2.24, 2.45) is 5.92 Å². The Labute approximate surface area is 110 Å². The molecule has 0 unspecified atom stereocenters. The van der Waals surface area contributed by atoms with Gasteiger partial charge in [-0.2, -0.15) is 0 Å². The van der Waals surface area contributed by atoms with Crippen LogP contribution in [-0.4, -0.2) is 6.61 Å². The molecule has 1 aliphatic carbocycles. The fraction of sp³-hybridized carbons (Fsp3) is 0.538. The van der Waals surface area contributed by atoms with Crippen molar-refractivity contribution >= 4 is 27.5 Å². The molecule has 0 aromatic heterocycles. The molecule has 1 fully saturated rings. The van der Waals surface area contributed by atoms with Crippen molar-refractivity contribution in [3.05, 3.63) is 28.8 Å². The number of rotatable bonds is 4. The second-order valence-electron chi connectivity index (χ2n) is 4.31. The highest BCUT2D eigenvalue weighted by Crippen LogP contribution is 2.30. The van der Waals surface area contributed by atoms with Crippen molar-refractivity contribution in [1.82, 2.24) is 0 Å². The minimum atomic E-state index is 0.738. The third-order valence-corrected chi connectivity index (χ3v) is 4.07. The van der Waals surface area contributed by atoms with E-state index in [-0.39, 0.29) is 0 Å². The molecule has 1 aromatic rings. The number of hydrogen-bond acceptors (Lipinski definition) is 1. The normalized spacial score (nSPS) is 16.6. The lowest BCUT2D eigenvalue weighted by molar-refractivity contribution is 0.250. The summed E-state index contributed by atoms with van der Waals surface area (Å²) in [5.41, 5.74) is 1.06. The second-order valence-corrected chi connectivity index (χ2v) is 5.28. The van der Waals surface area contributed by atoms with Gasteiger partial charge in [-0.25, -0.2) is 0 Å². The van der Waals surface area contributed by atoms with E-state index in [0.29, 0.717) is 0 Å². The van der Waals surface area contributed by atoms with Crippen molar-refractivity contribution in [2.45, 2.75) is 31.0 Å². The molecule has 1 aromatic carbocycles. The summed E-state index contributed by atoms with van der Waals surface area (Å²) >= 11 is 9.56. The summed E-state index contributed by atoms with van der Waals surface area (Å²) in [5, 5.41) is 1.52. The Hall–Kier alpha value is -0.210. The van der Waals surface area contributed by atoms with E-state index in [0.717, 1.165) is 34.2 Å². The molecule has 88 valence electrons.